The van der Waals surface area contributed by atoms with E-state index in [9.17, 15) is 13.6 Å². The summed E-state index contributed by atoms with van der Waals surface area (Å²) in [4.78, 5) is 17.0. The molecule has 0 saturated heterocycles. The van der Waals surface area contributed by atoms with Gasteiger partial charge in [0.25, 0.3) is 5.56 Å². The van der Waals surface area contributed by atoms with Crippen LogP contribution in [0.3, 0.4) is 0 Å². The molecule has 0 fully saturated rings. The average Bonchev–Trinajstić information content (AvgIpc) is 3.10. The fraction of sp³-hybridized carbons (Fsp3) is 0.278. The number of thiazole rings is 1. The molecule has 9 heteroatoms. The molecule has 6 nitrogen and oxygen atoms in total. The van der Waals surface area contributed by atoms with E-state index < -0.39 is 6.61 Å². The van der Waals surface area contributed by atoms with Crippen molar-refractivity contribution in [2.75, 3.05) is 7.11 Å². The zero-order valence-electron chi connectivity index (χ0n) is 15.1. The van der Waals surface area contributed by atoms with Crippen molar-refractivity contribution in [2.45, 2.75) is 20.5 Å². The summed E-state index contributed by atoms with van der Waals surface area (Å²) in [7, 11) is 2.97. The molecule has 0 amide bonds. The van der Waals surface area contributed by atoms with Crippen molar-refractivity contribution in [3.8, 4) is 33.3 Å². The first-order chi connectivity index (χ1) is 12.8. The molecule has 0 spiro atoms. The maximum absolute atomic E-state index is 12.5. The Morgan fingerprint density at radius 2 is 1.96 bits per heavy atom. The number of hydrogen-bond donors (Lipinski definition) is 0. The number of hydrogen-bond acceptors (Lipinski definition) is 6. The summed E-state index contributed by atoms with van der Waals surface area (Å²) < 4.78 is 35.8. The molecule has 0 aliphatic heterocycles. The molecule has 0 saturated carbocycles. The smallest absolute Gasteiger partial charge is 0.387 e. The van der Waals surface area contributed by atoms with Crippen molar-refractivity contribution in [2.24, 2.45) is 7.05 Å². The lowest BCUT2D eigenvalue weighted by molar-refractivity contribution is -0.0512. The molecule has 1 aromatic carbocycles. The largest absolute Gasteiger partial charge is 0.493 e. The van der Waals surface area contributed by atoms with Crippen LogP contribution in [0, 0.1) is 13.8 Å². The summed E-state index contributed by atoms with van der Waals surface area (Å²) in [5.74, 6) is 0.121. The minimum absolute atomic E-state index is 0.0545. The molecule has 2 heterocycles. The van der Waals surface area contributed by atoms with E-state index in [-0.39, 0.29) is 17.1 Å². The molecule has 0 atom stereocenters. The quantitative estimate of drug-likeness (QED) is 0.660. The molecule has 27 heavy (non-hydrogen) atoms. The monoisotopic (exact) mass is 393 g/mol. The molecule has 0 aliphatic carbocycles. The van der Waals surface area contributed by atoms with E-state index in [1.54, 1.807) is 24.6 Å². The van der Waals surface area contributed by atoms with E-state index >= 15 is 0 Å². The molecule has 142 valence electrons. The van der Waals surface area contributed by atoms with Crippen LogP contribution in [0.5, 0.6) is 11.5 Å². The molecule has 0 aliphatic rings. The lowest BCUT2D eigenvalue weighted by Gasteiger charge is -2.10. The minimum Gasteiger partial charge on any atom is -0.493 e. The maximum atomic E-state index is 12.5. The van der Waals surface area contributed by atoms with E-state index in [0.717, 1.165) is 11.3 Å². The number of benzene rings is 1. The van der Waals surface area contributed by atoms with Crippen molar-refractivity contribution < 1.29 is 18.3 Å². The predicted molar refractivity (Wildman–Crippen MR) is 98.7 cm³/mol. The van der Waals surface area contributed by atoms with Crippen molar-refractivity contribution >= 4 is 11.3 Å². The first-order valence-corrected chi connectivity index (χ1v) is 8.83. The first-order valence-electron chi connectivity index (χ1n) is 7.95. The van der Waals surface area contributed by atoms with Gasteiger partial charge in [-0.05, 0) is 37.6 Å². The Hall–Kier alpha value is -2.81. The van der Waals surface area contributed by atoms with Gasteiger partial charge >= 0.3 is 6.61 Å². The number of rotatable bonds is 5. The molecule has 0 radical (unpaired) electrons. The Balaban J connectivity index is 2.04. The van der Waals surface area contributed by atoms with Gasteiger partial charge in [-0.25, -0.2) is 9.67 Å². The molecule has 3 rings (SSSR count). The fourth-order valence-corrected chi connectivity index (χ4v) is 3.56. The van der Waals surface area contributed by atoms with E-state index in [1.807, 2.05) is 13.8 Å². The highest BCUT2D eigenvalue weighted by Gasteiger charge is 2.17. The Morgan fingerprint density at radius 3 is 2.63 bits per heavy atom. The highest BCUT2D eigenvalue weighted by molar-refractivity contribution is 7.13. The summed E-state index contributed by atoms with van der Waals surface area (Å²) in [6, 6.07) is 4.58. The minimum atomic E-state index is -2.94. The van der Waals surface area contributed by atoms with E-state index in [4.69, 9.17) is 4.74 Å². The molecule has 0 N–H and O–H groups in total. The summed E-state index contributed by atoms with van der Waals surface area (Å²) in [5.41, 5.74) is 3.07. The lowest BCUT2D eigenvalue weighted by Crippen LogP contribution is -2.23. The second kappa shape index (κ2) is 7.43. The third-order valence-electron chi connectivity index (χ3n) is 4.12. The van der Waals surface area contributed by atoms with E-state index in [0.29, 0.717) is 21.8 Å². The second-order valence-corrected chi connectivity index (χ2v) is 6.65. The van der Waals surface area contributed by atoms with Crippen molar-refractivity contribution in [1.82, 2.24) is 14.8 Å². The molecular formula is C18H17F2N3O3S. The summed E-state index contributed by atoms with van der Waals surface area (Å²) in [5, 5.41) is 6.54. The van der Waals surface area contributed by atoms with Gasteiger partial charge in [0.2, 0.25) is 0 Å². The predicted octanol–water partition coefficient (Wildman–Crippen LogP) is 3.80. The standard InChI is InChI=1S/C18H17F2N3O3S/c1-9-10(2)22-23(3)17(24)15(9)16-21-12(8-27-16)11-5-6-13(26-18(19)20)14(7-11)25-4/h5-8,18H,1-4H3. The van der Waals surface area contributed by atoms with Crippen LogP contribution in [0.2, 0.25) is 0 Å². The van der Waals surface area contributed by atoms with Crippen LogP contribution in [0.15, 0.2) is 28.4 Å². The van der Waals surface area contributed by atoms with E-state index in [2.05, 4.69) is 14.8 Å². The van der Waals surface area contributed by atoms with Gasteiger partial charge in [-0.1, -0.05) is 0 Å². The molecule has 0 unspecified atom stereocenters. The zero-order chi connectivity index (χ0) is 19.7. The summed E-state index contributed by atoms with van der Waals surface area (Å²) >= 11 is 1.33. The number of alkyl halides is 2. The number of aryl methyl sites for hydroxylation is 2. The van der Waals surface area contributed by atoms with Crippen LogP contribution in [0.1, 0.15) is 11.3 Å². The highest BCUT2D eigenvalue weighted by atomic mass is 32.1. The highest BCUT2D eigenvalue weighted by Crippen LogP contribution is 2.35. The summed E-state index contributed by atoms with van der Waals surface area (Å²) in [6.45, 7) is 0.726. The molecule has 0 bridgehead atoms. The normalized spacial score (nSPS) is 11.1. The van der Waals surface area contributed by atoms with Gasteiger partial charge < -0.3 is 9.47 Å². The number of methoxy groups -OCH3 is 1. The third kappa shape index (κ3) is 3.68. The van der Waals surface area contributed by atoms with Crippen molar-refractivity contribution in [1.29, 1.82) is 0 Å². The van der Waals surface area contributed by atoms with Crippen LogP contribution in [-0.2, 0) is 7.05 Å². The van der Waals surface area contributed by atoms with Gasteiger partial charge in [-0.15, -0.1) is 11.3 Å². The topological polar surface area (TPSA) is 66.2 Å². The van der Waals surface area contributed by atoms with Crippen LogP contribution >= 0.6 is 11.3 Å². The Morgan fingerprint density at radius 1 is 1.22 bits per heavy atom. The van der Waals surface area contributed by atoms with Gasteiger partial charge in [-0.2, -0.15) is 13.9 Å². The SMILES string of the molecule is COc1cc(-c2csc(-c3c(C)c(C)nn(C)c3=O)n2)ccc1OC(F)F. The molecule has 3 aromatic rings. The Kier molecular flexibility index (Phi) is 5.22. The van der Waals surface area contributed by atoms with Gasteiger partial charge in [-0.3, -0.25) is 4.79 Å². The molecule has 2 aromatic heterocycles. The fourth-order valence-electron chi connectivity index (χ4n) is 2.64. The number of aromatic nitrogens is 3. The lowest BCUT2D eigenvalue weighted by atomic mass is 10.1. The van der Waals surface area contributed by atoms with Gasteiger partial charge in [0, 0.05) is 18.0 Å². The van der Waals surface area contributed by atoms with Crippen molar-refractivity contribution in [3.63, 3.8) is 0 Å². The number of ether oxygens (including phenoxy) is 2. The second-order valence-electron chi connectivity index (χ2n) is 5.80. The Bertz CT molecular complexity index is 1050. The van der Waals surface area contributed by atoms with E-state index in [1.165, 1.54) is 29.2 Å². The summed E-state index contributed by atoms with van der Waals surface area (Å²) in [6.07, 6.45) is 0. The van der Waals surface area contributed by atoms with Gasteiger partial charge in [0.15, 0.2) is 11.5 Å². The molecular weight excluding hydrogens is 376 g/mol. The average molecular weight is 393 g/mol. The third-order valence-corrected chi connectivity index (χ3v) is 4.98. The first kappa shape index (κ1) is 19.0. The van der Waals surface area contributed by atoms with Crippen LogP contribution in [0.25, 0.3) is 21.8 Å². The van der Waals surface area contributed by atoms with Crippen LogP contribution < -0.4 is 15.0 Å². The zero-order valence-corrected chi connectivity index (χ0v) is 15.9. The van der Waals surface area contributed by atoms with Gasteiger partial charge in [0.05, 0.1) is 24.1 Å². The maximum Gasteiger partial charge on any atom is 0.387 e. The number of nitrogens with zero attached hydrogens (tertiary/aromatic N) is 3. The van der Waals surface area contributed by atoms with Crippen LogP contribution in [-0.4, -0.2) is 28.5 Å². The number of halogens is 2. The Labute approximate surface area is 158 Å². The van der Waals surface area contributed by atoms with Crippen LogP contribution in [0.4, 0.5) is 8.78 Å². The van der Waals surface area contributed by atoms with Gasteiger partial charge in [0.1, 0.15) is 5.01 Å². The van der Waals surface area contributed by atoms with Crippen molar-refractivity contribution in [3.05, 3.63) is 45.2 Å².